The lowest BCUT2D eigenvalue weighted by Crippen LogP contribution is -2.21. The first kappa shape index (κ1) is 16.8. The number of rotatable bonds is 5. The van der Waals surface area contributed by atoms with Crippen molar-refractivity contribution >= 4 is 16.5 Å². The summed E-state index contributed by atoms with van der Waals surface area (Å²) in [5, 5.41) is 4.76. The third-order valence-corrected chi connectivity index (χ3v) is 5.48. The Kier molecular flexibility index (Phi) is 5.31. The zero-order valence-corrected chi connectivity index (χ0v) is 15.3. The van der Waals surface area contributed by atoms with Gasteiger partial charge in [0.2, 0.25) is 0 Å². The summed E-state index contributed by atoms with van der Waals surface area (Å²) in [5.41, 5.74) is 1.40. The molecule has 0 amide bonds. The van der Waals surface area contributed by atoms with Gasteiger partial charge < -0.3 is 10.2 Å². The first-order valence-corrected chi connectivity index (χ1v) is 9.10. The quantitative estimate of drug-likeness (QED) is 0.832. The molecule has 2 atom stereocenters. The first-order chi connectivity index (χ1) is 9.82. The lowest BCUT2D eigenvalue weighted by molar-refractivity contribution is 0.494. The van der Waals surface area contributed by atoms with E-state index in [9.17, 15) is 0 Å². The molecule has 2 rings (SSSR count). The highest BCUT2D eigenvalue weighted by Crippen LogP contribution is 2.36. The van der Waals surface area contributed by atoms with Gasteiger partial charge in [-0.3, -0.25) is 0 Å². The molecule has 1 aliphatic heterocycles. The number of nitrogens with zero attached hydrogens (tertiary/aromatic N) is 2. The van der Waals surface area contributed by atoms with E-state index in [-0.39, 0.29) is 5.41 Å². The Bertz CT molecular complexity index is 451. The highest BCUT2D eigenvalue weighted by molar-refractivity contribution is 7.15. The summed E-state index contributed by atoms with van der Waals surface area (Å²) in [4.78, 5) is 8.92. The molecule has 21 heavy (non-hydrogen) atoms. The van der Waals surface area contributed by atoms with E-state index in [2.05, 4.69) is 51.8 Å². The fourth-order valence-electron chi connectivity index (χ4n) is 2.84. The predicted molar refractivity (Wildman–Crippen MR) is 93.4 cm³/mol. The van der Waals surface area contributed by atoms with Crippen molar-refractivity contribution in [2.24, 2.45) is 11.8 Å². The van der Waals surface area contributed by atoms with Crippen molar-refractivity contribution in [3.05, 3.63) is 10.6 Å². The van der Waals surface area contributed by atoms with Gasteiger partial charge in [0.05, 0.1) is 5.69 Å². The largest absolute Gasteiger partial charge is 0.348 e. The molecule has 2 unspecified atom stereocenters. The van der Waals surface area contributed by atoms with Gasteiger partial charge in [0.1, 0.15) is 0 Å². The Morgan fingerprint density at radius 3 is 2.38 bits per heavy atom. The summed E-state index contributed by atoms with van der Waals surface area (Å²) < 4.78 is 0. The van der Waals surface area contributed by atoms with Crippen LogP contribution in [0.1, 0.15) is 58.5 Å². The van der Waals surface area contributed by atoms with Crippen LogP contribution in [-0.2, 0) is 12.0 Å². The van der Waals surface area contributed by atoms with E-state index in [1.807, 2.05) is 11.3 Å². The summed E-state index contributed by atoms with van der Waals surface area (Å²) in [6.07, 6.45) is 1.18. The van der Waals surface area contributed by atoms with Crippen molar-refractivity contribution in [2.75, 3.05) is 24.5 Å². The molecule has 0 saturated carbocycles. The predicted octanol–water partition coefficient (Wildman–Crippen LogP) is 4.03. The summed E-state index contributed by atoms with van der Waals surface area (Å²) in [7, 11) is 0. The molecule has 3 nitrogen and oxygen atoms in total. The maximum Gasteiger partial charge on any atom is 0.185 e. The van der Waals surface area contributed by atoms with Gasteiger partial charge in [0.25, 0.3) is 0 Å². The molecule has 0 bridgehead atoms. The van der Waals surface area contributed by atoms with Crippen molar-refractivity contribution in [3.63, 3.8) is 0 Å². The van der Waals surface area contributed by atoms with Crippen LogP contribution >= 0.6 is 11.3 Å². The highest BCUT2D eigenvalue weighted by atomic mass is 32.1. The third kappa shape index (κ3) is 3.98. The van der Waals surface area contributed by atoms with Gasteiger partial charge in [-0.1, -0.05) is 41.5 Å². The molecule has 0 spiro atoms. The average molecular weight is 310 g/mol. The Balaban J connectivity index is 2.20. The zero-order valence-electron chi connectivity index (χ0n) is 14.5. The van der Waals surface area contributed by atoms with Crippen LogP contribution in [0.2, 0.25) is 0 Å². The Hall–Kier alpha value is -0.610. The number of hydrogen-bond donors (Lipinski definition) is 1. The second-order valence-electron chi connectivity index (χ2n) is 7.55. The number of hydrogen-bond acceptors (Lipinski definition) is 4. The number of anilines is 1. The molecule has 4 heteroatoms. The van der Waals surface area contributed by atoms with Crippen molar-refractivity contribution in [2.45, 2.75) is 59.9 Å². The number of aromatic nitrogens is 1. The van der Waals surface area contributed by atoms with Crippen LogP contribution in [0.3, 0.4) is 0 Å². The molecule has 1 aromatic heterocycles. The topological polar surface area (TPSA) is 28.2 Å². The van der Waals surface area contributed by atoms with Crippen LogP contribution < -0.4 is 10.2 Å². The van der Waals surface area contributed by atoms with Crippen molar-refractivity contribution in [1.29, 1.82) is 0 Å². The highest BCUT2D eigenvalue weighted by Gasteiger charge is 2.30. The normalized spacial score (nSPS) is 23.0. The summed E-state index contributed by atoms with van der Waals surface area (Å²) in [5.74, 6) is 1.54. The molecule has 1 saturated heterocycles. The van der Waals surface area contributed by atoms with Gasteiger partial charge >= 0.3 is 0 Å². The standard InChI is InChI=1S/C17H31N3S/c1-7-8-18-9-14-15(17(4,5)6)19-16(21-14)20-10-12(2)13(3)11-20/h12-13,18H,7-11H2,1-6H3. The molecule has 1 aromatic rings. The lowest BCUT2D eigenvalue weighted by atomic mass is 9.91. The van der Waals surface area contributed by atoms with Crippen molar-refractivity contribution in [1.82, 2.24) is 10.3 Å². The van der Waals surface area contributed by atoms with Crippen LogP contribution in [-0.4, -0.2) is 24.6 Å². The fraction of sp³-hybridized carbons (Fsp3) is 0.824. The second-order valence-corrected chi connectivity index (χ2v) is 8.62. The maximum atomic E-state index is 5.02. The summed E-state index contributed by atoms with van der Waals surface area (Å²) >= 11 is 1.89. The molecule has 1 fully saturated rings. The van der Waals surface area contributed by atoms with Crippen LogP contribution in [0.4, 0.5) is 5.13 Å². The number of thiazole rings is 1. The van der Waals surface area contributed by atoms with Gasteiger partial charge in [-0.05, 0) is 24.8 Å². The Labute approximate surface area is 134 Å². The van der Waals surface area contributed by atoms with Gasteiger partial charge in [-0.2, -0.15) is 0 Å². The molecule has 1 aliphatic rings. The van der Waals surface area contributed by atoms with E-state index >= 15 is 0 Å². The van der Waals surface area contributed by atoms with Crippen LogP contribution in [0.5, 0.6) is 0 Å². The van der Waals surface area contributed by atoms with Crippen LogP contribution in [0.15, 0.2) is 0 Å². The second kappa shape index (κ2) is 6.66. The molecular weight excluding hydrogens is 278 g/mol. The van der Waals surface area contributed by atoms with E-state index in [1.54, 1.807) is 0 Å². The molecule has 1 N–H and O–H groups in total. The van der Waals surface area contributed by atoms with Gasteiger partial charge in [0, 0.05) is 29.9 Å². The van der Waals surface area contributed by atoms with Crippen molar-refractivity contribution in [3.8, 4) is 0 Å². The molecule has 0 radical (unpaired) electrons. The first-order valence-electron chi connectivity index (χ1n) is 8.28. The molecule has 0 aromatic carbocycles. The Morgan fingerprint density at radius 1 is 1.24 bits per heavy atom. The van der Waals surface area contributed by atoms with Crippen LogP contribution in [0.25, 0.3) is 0 Å². The Morgan fingerprint density at radius 2 is 1.86 bits per heavy atom. The SMILES string of the molecule is CCCNCc1sc(N2CC(C)C(C)C2)nc1C(C)(C)C. The minimum atomic E-state index is 0.120. The smallest absolute Gasteiger partial charge is 0.185 e. The van der Waals surface area contributed by atoms with Gasteiger partial charge in [-0.25, -0.2) is 4.98 Å². The van der Waals surface area contributed by atoms with E-state index in [0.29, 0.717) is 0 Å². The molecule has 2 heterocycles. The van der Waals surface area contributed by atoms with E-state index < -0.39 is 0 Å². The molecular formula is C17H31N3S. The summed E-state index contributed by atoms with van der Waals surface area (Å²) in [6, 6.07) is 0. The van der Waals surface area contributed by atoms with Gasteiger partial charge in [-0.15, -0.1) is 11.3 Å². The minimum Gasteiger partial charge on any atom is -0.348 e. The van der Waals surface area contributed by atoms with E-state index in [0.717, 1.165) is 38.0 Å². The monoisotopic (exact) mass is 309 g/mol. The zero-order chi connectivity index (χ0) is 15.6. The minimum absolute atomic E-state index is 0.120. The van der Waals surface area contributed by atoms with Gasteiger partial charge in [0.15, 0.2) is 5.13 Å². The van der Waals surface area contributed by atoms with Crippen molar-refractivity contribution < 1.29 is 0 Å². The fourth-order valence-corrected chi connectivity index (χ4v) is 4.10. The molecule has 120 valence electrons. The third-order valence-electron chi connectivity index (χ3n) is 4.37. The average Bonchev–Trinajstić information content (AvgIpc) is 2.94. The molecule has 0 aliphatic carbocycles. The summed E-state index contributed by atoms with van der Waals surface area (Å²) in [6.45, 7) is 18.1. The maximum absolute atomic E-state index is 5.02. The van der Waals surface area contributed by atoms with Crippen LogP contribution in [0, 0.1) is 11.8 Å². The van der Waals surface area contributed by atoms with E-state index in [4.69, 9.17) is 4.98 Å². The number of nitrogens with one attached hydrogen (secondary N) is 1. The lowest BCUT2D eigenvalue weighted by Gasteiger charge is -2.18. The van der Waals surface area contributed by atoms with E-state index in [1.165, 1.54) is 22.1 Å².